The highest BCUT2D eigenvalue weighted by Gasteiger charge is 2.25. The summed E-state index contributed by atoms with van der Waals surface area (Å²) in [5, 5.41) is 8.65. The topological polar surface area (TPSA) is 64.4 Å². The zero-order valence-corrected chi connectivity index (χ0v) is 8.59. The lowest BCUT2D eigenvalue weighted by atomic mass is 10.4. The predicted molar refractivity (Wildman–Crippen MR) is 52.4 cm³/mol. The Morgan fingerprint density at radius 1 is 1.80 bits per heavy atom. The fourth-order valence-corrected chi connectivity index (χ4v) is 1.41. The highest BCUT2D eigenvalue weighted by Crippen LogP contribution is 2.35. The average molecular weight is 210 g/mol. The standard InChI is InChI=1S/C10H14N2O3/c1-7(10(13)14)15-5-9-4-11-6-12(9)8-2-3-8/h4,6-8H,2-3,5H2,1H3,(H,13,14)/t7-/m1/s1. The summed E-state index contributed by atoms with van der Waals surface area (Å²) in [4.78, 5) is 14.6. The molecule has 1 aliphatic carbocycles. The summed E-state index contributed by atoms with van der Waals surface area (Å²) in [6, 6.07) is 0.547. The van der Waals surface area contributed by atoms with Crippen molar-refractivity contribution in [3.05, 3.63) is 18.2 Å². The van der Waals surface area contributed by atoms with Crippen LogP contribution in [0.5, 0.6) is 0 Å². The smallest absolute Gasteiger partial charge is 0.332 e. The molecule has 5 heteroatoms. The zero-order valence-electron chi connectivity index (χ0n) is 8.59. The SMILES string of the molecule is C[C@@H](OCc1cncn1C1CC1)C(=O)O. The third-order valence-corrected chi connectivity index (χ3v) is 2.52. The van der Waals surface area contributed by atoms with Gasteiger partial charge in [-0.1, -0.05) is 0 Å². The minimum atomic E-state index is -0.938. The first kappa shape index (κ1) is 10.2. The molecule has 0 bridgehead atoms. The number of aromatic nitrogens is 2. The molecule has 0 amide bonds. The molecule has 0 radical (unpaired) electrons. The van der Waals surface area contributed by atoms with Gasteiger partial charge in [0.25, 0.3) is 0 Å². The molecule has 1 aromatic rings. The van der Waals surface area contributed by atoms with Crippen LogP contribution in [-0.2, 0) is 16.1 Å². The maximum absolute atomic E-state index is 10.5. The van der Waals surface area contributed by atoms with Crippen molar-refractivity contribution in [2.75, 3.05) is 0 Å². The molecule has 5 nitrogen and oxygen atoms in total. The van der Waals surface area contributed by atoms with E-state index in [9.17, 15) is 4.79 Å². The van der Waals surface area contributed by atoms with Crippen LogP contribution in [0, 0.1) is 0 Å². The molecule has 0 unspecified atom stereocenters. The van der Waals surface area contributed by atoms with E-state index in [0.29, 0.717) is 12.6 Å². The zero-order chi connectivity index (χ0) is 10.8. The summed E-state index contributed by atoms with van der Waals surface area (Å²) in [6.07, 6.45) is 5.09. The second kappa shape index (κ2) is 4.02. The first-order valence-corrected chi connectivity index (χ1v) is 5.03. The van der Waals surface area contributed by atoms with Gasteiger partial charge in [-0.2, -0.15) is 0 Å². The quantitative estimate of drug-likeness (QED) is 0.793. The molecule has 1 fully saturated rings. The molecule has 1 aliphatic rings. The van der Waals surface area contributed by atoms with Crippen LogP contribution in [0.15, 0.2) is 12.5 Å². The molecule has 15 heavy (non-hydrogen) atoms. The number of nitrogens with zero attached hydrogens (tertiary/aromatic N) is 2. The monoisotopic (exact) mass is 210 g/mol. The second-order valence-electron chi connectivity index (χ2n) is 3.81. The number of imidazole rings is 1. The number of ether oxygens (including phenoxy) is 1. The van der Waals surface area contributed by atoms with Crippen LogP contribution in [0.3, 0.4) is 0 Å². The van der Waals surface area contributed by atoms with E-state index < -0.39 is 12.1 Å². The first-order chi connectivity index (χ1) is 7.18. The van der Waals surface area contributed by atoms with Crippen molar-refractivity contribution in [3.63, 3.8) is 0 Å². The molecule has 0 spiro atoms. The van der Waals surface area contributed by atoms with E-state index in [-0.39, 0.29) is 0 Å². The molecule has 1 heterocycles. The van der Waals surface area contributed by atoms with Crippen LogP contribution in [0.2, 0.25) is 0 Å². The Kier molecular flexibility index (Phi) is 2.73. The summed E-state index contributed by atoms with van der Waals surface area (Å²) >= 11 is 0. The van der Waals surface area contributed by atoms with Gasteiger partial charge < -0.3 is 14.4 Å². The molecule has 82 valence electrons. The Hall–Kier alpha value is -1.36. The summed E-state index contributed by atoms with van der Waals surface area (Å²) in [7, 11) is 0. The van der Waals surface area contributed by atoms with Gasteiger partial charge in [-0.3, -0.25) is 0 Å². The molecule has 0 aromatic carbocycles. The van der Waals surface area contributed by atoms with Crippen molar-refractivity contribution in [3.8, 4) is 0 Å². The van der Waals surface area contributed by atoms with Gasteiger partial charge in [-0.05, 0) is 19.8 Å². The van der Waals surface area contributed by atoms with Crippen LogP contribution in [-0.4, -0.2) is 26.7 Å². The minimum Gasteiger partial charge on any atom is -0.479 e. The molecule has 0 aliphatic heterocycles. The Morgan fingerprint density at radius 3 is 3.13 bits per heavy atom. The predicted octanol–water partition coefficient (Wildman–Crippen LogP) is 1.21. The average Bonchev–Trinajstić information content (AvgIpc) is 2.94. The van der Waals surface area contributed by atoms with Crippen LogP contribution < -0.4 is 0 Å². The van der Waals surface area contributed by atoms with Gasteiger partial charge in [0, 0.05) is 6.04 Å². The van der Waals surface area contributed by atoms with Gasteiger partial charge in [-0.15, -0.1) is 0 Å². The van der Waals surface area contributed by atoms with Crippen molar-refractivity contribution in [1.29, 1.82) is 0 Å². The summed E-state index contributed by atoms with van der Waals surface area (Å²) < 4.78 is 7.27. The van der Waals surface area contributed by atoms with Crippen molar-refractivity contribution in [2.45, 2.75) is 38.5 Å². The largest absolute Gasteiger partial charge is 0.479 e. The Balaban J connectivity index is 1.92. The number of hydrogen-bond donors (Lipinski definition) is 1. The van der Waals surface area contributed by atoms with Crippen LogP contribution in [0.4, 0.5) is 0 Å². The number of carboxylic acids is 1. The van der Waals surface area contributed by atoms with Gasteiger partial charge in [-0.25, -0.2) is 9.78 Å². The van der Waals surface area contributed by atoms with Gasteiger partial charge in [0.1, 0.15) is 0 Å². The fraction of sp³-hybridized carbons (Fsp3) is 0.600. The van der Waals surface area contributed by atoms with Crippen molar-refractivity contribution >= 4 is 5.97 Å². The summed E-state index contributed by atoms with van der Waals surface area (Å²) in [6.45, 7) is 1.84. The van der Waals surface area contributed by atoms with Gasteiger partial charge in [0.05, 0.1) is 24.8 Å². The van der Waals surface area contributed by atoms with E-state index in [1.165, 1.54) is 19.8 Å². The van der Waals surface area contributed by atoms with Crippen molar-refractivity contribution in [2.24, 2.45) is 0 Å². The fourth-order valence-electron chi connectivity index (χ4n) is 1.41. The second-order valence-corrected chi connectivity index (χ2v) is 3.81. The lowest BCUT2D eigenvalue weighted by molar-refractivity contribution is -0.150. The Morgan fingerprint density at radius 2 is 2.53 bits per heavy atom. The van der Waals surface area contributed by atoms with E-state index in [1.54, 1.807) is 12.5 Å². The van der Waals surface area contributed by atoms with Crippen molar-refractivity contribution in [1.82, 2.24) is 9.55 Å². The van der Waals surface area contributed by atoms with Crippen LogP contribution in [0.25, 0.3) is 0 Å². The maximum atomic E-state index is 10.5. The third kappa shape index (κ3) is 2.36. The number of carboxylic acid groups (broad SMARTS) is 1. The van der Waals surface area contributed by atoms with Gasteiger partial charge in [0.2, 0.25) is 0 Å². The molecule has 1 N–H and O–H groups in total. The van der Waals surface area contributed by atoms with E-state index >= 15 is 0 Å². The molecular weight excluding hydrogens is 196 g/mol. The molecule has 2 rings (SSSR count). The van der Waals surface area contributed by atoms with Gasteiger partial charge in [0.15, 0.2) is 6.10 Å². The van der Waals surface area contributed by atoms with Crippen LogP contribution in [0.1, 0.15) is 31.5 Å². The number of carbonyl (C=O) groups is 1. The Labute approximate surface area is 87.7 Å². The molecule has 1 atom stereocenters. The van der Waals surface area contributed by atoms with Crippen molar-refractivity contribution < 1.29 is 14.6 Å². The van der Waals surface area contributed by atoms with Gasteiger partial charge >= 0.3 is 5.97 Å². The summed E-state index contributed by atoms with van der Waals surface area (Å²) in [5.41, 5.74) is 0.950. The van der Waals surface area contributed by atoms with E-state index in [0.717, 1.165) is 5.69 Å². The minimum absolute atomic E-state index is 0.309. The molecule has 0 saturated heterocycles. The number of rotatable bonds is 5. The number of hydrogen-bond acceptors (Lipinski definition) is 3. The molecule has 1 aromatic heterocycles. The molecular formula is C10H14N2O3. The lowest BCUT2D eigenvalue weighted by Crippen LogP contribution is -2.20. The van der Waals surface area contributed by atoms with Crippen LogP contribution >= 0.6 is 0 Å². The van der Waals surface area contributed by atoms with E-state index in [4.69, 9.17) is 9.84 Å². The highest BCUT2D eigenvalue weighted by molar-refractivity contribution is 5.71. The van der Waals surface area contributed by atoms with E-state index in [2.05, 4.69) is 9.55 Å². The third-order valence-electron chi connectivity index (χ3n) is 2.52. The summed E-state index contributed by atoms with van der Waals surface area (Å²) in [5.74, 6) is -0.938. The Bertz CT molecular complexity index is 357. The normalized spacial score (nSPS) is 17.7. The first-order valence-electron chi connectivity index (χ1n) is 5.03. The van der Waals surface area contributed by atoms with E-state index in [1.807, 2.05) is 0 Å². The highest BCUT2D eigenvalue weighted by atomic mass is 16.5. The maximum Gasteiger partial charge on any atom is 0.332 e. The molecule has 1 saturated carbocycles. The number of aliphatic carboxylic acids is 1. The lowest BCUT2D eigenvalue weighted by Gasteiger charge is -2.10.